The largest absolute Gasteiger partial charge is 0.325 e. The molecule has 20 heavy (non-hydrogen) atoms. The van der Waals surface area contributed by atoms with Gasteiger partial charge in [0.25, 0.3) is 0 Å². The summed E-state index contributed by atoms with van der Waals surface area (Å²) in [5, 5.41) is 3.83. The van der Waals surface area contributed by atoms with Crippen molar-refractivity contribution in [2.24, 2.45) is 11.8 Å². The SMILES string of the molecule is O=C(CN1CC2CCCC2C1)Nc1ccc(Cl)c(Cl)c1. The van der Waals surface area contributed by atoms with E-state index in [1.807, 2.05) is 0 Å². The fourth-order valence-corrected chi connectivity index (χ4v) is 3.74. The lowest BCUT2D eigenvalue weighted by Gasteiger charge is -2.16. The van der Waals surface area contributed by atoms with E-state index < -0.39 is 0 Å². The first-order valence-electron chi connectivity index (χ1n) is 7.09. The lowest BCUT2D eigenvalue weighted by atomic mass is 10.0. The number of carbonyl (C=O) groups is 1. The van der Waals surface area contributed by atoms with Crippen LogP contribution in [0.3, 0.4) is 0 Å². The Bertz CT molecular complexity index is 509. The van der Waals surface area contributed by atoms with Gasteiger partial charge in [0, 0.05) is 18.8 Å². The summed E-state index contributed by atoms with van der Waals surface area (Å²) >= 11 is 11.8. The van der Waals surface area contributed by atoms with E-state index in [0.717, 1.165) is 24.9 Å². The molecule has 1 aromatic rings. The number of hydrogen-bond donors (Lipinski definition) is 1. The Kier molecular flexibility index (Phi) is 4.20. The molecule has 3 rings (SSSR count). The first-order chi connectivity index (χ1) is 9.61. The van der Waals surface area contributed by atoms with Crippen LogP contribution in [0.4, 0.5) is 5.69 Å². The zero-order chi connectivity index (χ0) is 14.1. The molecular weight excluding hydrogens is 295 g/mol. The highest BCUT2D eigenvalue weighted by Crippen LogP contribution is 2.37. The van der Waals surface area contributed by atoms with Crippen LogP contribution in [-0.2, 0) is 4.79 Å². The molecule has 1 saturated heterocycles. The summed E-state index contributed by atoms with van der Waals surface area (Å²) in [6.45, 7) is 2.60. The number of nitrogens with zero attached hydrogens (tertiary/aromatic N) is 1. The number of nitrogens with one attached hydrogen (secondary N) is 1. The maximum Gasteiger partial charge on any atom is 0.238 e. The van der Waals surface area contributed by atoms with Gasteiger partial charge >= 0.3 is 0 Å². The number of amides is 1. The second-order valence-electron chi connectivity index (χ2n) is 5.82. The molecule has 1 aliphatic carbocycles. The van der Waals surface area contributed by atoms with Gasteiger partial charge in [0.1, 0.15) is 0 Å². The van der Waals surface area contributed by atoms with Gasteiger partial charge in [-0.05, 0) is 42.9 Å². The molecule has 2 unspecified atom stereocenters. The molecule has 0 spiro atoms. The van der Waals surface area contributed by atoms with Crippen molar-refractivity contribution in [2.75, 3.05) is 25.0 Å². The molecule has 0 aromatic heterocycles. The molecule has 2 atom stereocenters. The summed E-state index contributed by atoms with van der Waals surface area (Å²) in [5.74, 6) is 1.64. The first-order valence-corrected chi connectivity index (χ1v) is 7.84. The maximum atomic E-state index is 12.1. The second kappa shape index (κ2) is 5.92. The summed E-state index contributed by atoms with van der Waals surface area (Å²) in [4.78, 5) is 14.3. The summed E-state index contributed by atoms with van der Waals surface area (Å²) in [6, 6.07) is 5.14. The highest BCUT2D eigenvalue weighted by molar-refractivity contribution is 6.42. The van der Waals surface area contributed by atoms with E-state index in [1.165, 1.54) is 19.3 Å². The van der Waals surface area contributed by atoms with Crippen molar-refractivity contribution in [1.82, 2.24) is 4.90 Å². The van der Waals surface area contributed by atoms with Crippen LogP contribution >= 0.6 is 23.2 Å². The van der Waals surface area contributed by atoms with Gasteiger partial charge in [-0.3, -0.25) is 9.69 Å². The molecule has 1 aromatic carbocycles. The minimum Gasteiger partial charge on any atom is -0.325 e. The summed E-state index contributed by atoms with van der Waals surface area (Å²) in [6.07, 6.45) is 4.02. The molecule has 0 radical (unpaired) electrons. The topological polar surface area (TPSA) is 32.3 Å². The lowest BCUT2D eigenvalue weighted by Crippen LogP contribution is -2.32. The van der Waals surface area contributed by atoms with Crippen LogP contribution in [0.15, 0.2) is 18.2 Å². The lowest BCUT2D eigenvalue weighted by molar-refractivity contribution is -0.117. The molecule has 2 aliphatic rings. The fraction of sp³-hybridized carbons (Fsp3) is 0.533. The average molecular weight is 313 g/mol. The van der Waals surface area contributed by atoms with Crippen LogP contribution in [-0.4, -0.2) is 30.4 Å². The molecule has 1 amide bonds. The molecule has 0 bridgehead atoms. The van der Waals surface area contributed by atoms with Gasteiger partial charge in [0.2, 0.25) is 5.91 Å². The van der Waals surface area contributed by atoms with Crippen LogP contribution in [0.5, 0.6) is 0 Å². The molecule has 1 N–H and O–H groups in total. The van der Waals surface area contributed by atoms with Gasteiger partial charge in [-0.2, -0.15) is 0 Å². The zero-order valence-electron chi connectivity index (χ0n) is 11.2. The van der Waals surface area contributed by atoms with Crippen molar-refractivity contribution >= 4 is 34.8 Å². The molecule has 2 fully saturated rings. The predicted molar refractivity (Wildman–Crippen MR) is 82.4 cm³/mol. The third-order valence-electron chi connectivity index (χ3n) is 4.37. The van der Waals surface area contributed by atoms with Crippen LogP contribution in [0, 0.1) is 11.8 Å². The van der Waals surface area contributed by atoms with E-state index in [-0.39, 0.29) is 5.91 Å². The molecule has 108 valence electrons. The first kappa shape index (κ1) is 14.2. The van der Waals surface area contributed by atoms with Gasteiger partial charge in [-0.25, -0.2) is 0 Å². The van der Waals surface area contributed by atoms with E-state index >= 15 is 0 Å². The number of halogens is 2. The minimum atomic E-state index is 0.0170. The Morgan fingerprint density at radius 3 is 2.55 bits per heavy atom. The van der Waals surface area contributed by atoms with E-state index in [1.54, 1.807) is 18.2 Å². The number of anilines is 1. The van der Waals surface area contributed by atoms with E-state index in [9.17, 15) is 4.79 Å². The third-order valence-corrected chi connectivity index (χ3v) is 5.11. The number of carbonyl (C=O) groups excluding carboxylic acids is 1. The summed E-state index contributed by atoms with van der Waals surface area (Å²) < 4.78 is 0. The predicted octanol–water partition coefficient (Wildman–Crippen LogP) is 3.66. The molecule has 1 heterocycles. The van der Waals surface area contributed by atoms with Gasteiger partial charge in [-0.1, -0.05) is 29.6 Å². The Morgan fingerprint density at radius 2 is 1.90 bits per heavy atom. The molecule has 1 aliphatic heterocycles. The molecule has 1 saturated carbocycles. The summed E-state index contributed by atoms with van der Waals surface area (Å²) in [5.41, 5.74) is 0.698. The highest BCUT2D eigenvalue weighted by atomic mass is 35.5. The van der Waals surface area contributed by atoms with E-state index in [2.05, 4.69) is 10.2 Å². The molecule has 5 heteroatoms. The van der Waals surface area contributed by atoms with Crippen molar-refractivity contribution in [3.8, 4) is 0 Å². The quantitative estimate of drug-likeness (QED) is 0.923. The van der Waals surface area contributed by atoms with Crippen molar-refractivity contribution in [3.63, 3.8) is 0 Å². The Balaban J connectivity index is 1.53. The van der Waals surface area contributed by atoms with E-state index in [0.29, 0.717) is 22.3 Å². The maximum absolute atomic E-state index is 12.1. The van der Waals surface area contributed by atoms with Gasteiger partial charge in [0.05, 0.1) is 16.6 Å². The number of rotatable bonds is 3. The molecule has 3 nitrogen and oxygen atoms in total. The van der Waals surface area contributed by atoms with Crippen molar-refractivity contribution in [3.05, 3.63) is 28.2 Å². The van der Waals surface area contributed by atoms with E-state index in [4.69, 9.17) is 23.2 Å². The summed E-state index contributed by atoms with van der Waals surface area (Å²) in [7, 11) is 0. The third kappa shape index (κ3) is 3.11. The van der Waals surface area contributed by atoms with Crippen molar-refractivity contribution in [2.45, 2.75) is 19.3 Å². The van der Waals surface area contributed by atoms with Crippen molar-refractivity contribution < 1.29 is 4.79 Å². The van der Waals surface area contributed by atoms with Gasteiger partial charge in [0.15, 0.2) is 0 Å². The number of hydrogen-bond acceptors (Lipinski definition) is 2. The Labute approximate surface area is 129 Å². The smallest absolute Gasteiger partial charge is 0.238 e. The monoisotopic (exact) mass is 312 g/mol. The van der Waals surface area contributed by atoms with Crippen LogP contribution in [0.1, 0.15) is 19.3 Å². The Hall–Kier alpha value is -0.770. The van der Waals surface area contributed by atoms with Crippen LogP contribution in [0.25, 0.3) is 0 Å². The van der Waals surface area contributed by atoms with Gasteiger partial charge in [-0.15, -0.1) is 0 Å². The van der Waals surface area contributed by atoms with Crippen LogP contribution in [0.2, 0.25) is 10.0 Å². The van der Waals surface area contributed by atoms with Crippen molar-refractivity contribution in [1.29, 1.82) is 0 Å². The number of likely N-dealkylation sites (tertiary alicyclic amines) is 1. The second-order valence-corrected chi connectivity index (χ2v) is 6.64. The highest BCUT2D eigenvalue weighted by Gasteiger charge is 2.36. The minimum absolute atomic E-state index is 0.0170. The van der Waals surface area contributed by atoms with Crippen LogP contribution < -0.4 is 5.32 Å². The number of benzene rings is 1. The standard InChI is InChI=1S/C15H18Cl2N2O/c16-13-5-4-12(6-14(13)17)18-15(20)9-19-7-10-2-1-3-11(10)8-19/h4-6,10-11H,1-3,7-9H2,(H,18,20). The Morgan fingerprint density at radius 1 is 1.20 bits per heavy atom. The number of fused-ring (bicyclic) bond motifs is 1. The zero-order valence-corrected chi connectivity index (χ0v) is 12.8. The van der Waals surface area contributed by atoms with Gasteiger partial charge < -0.3 is 5.32 Å². The average Bonchev–Trinajstić information content (AvgIpc) is 2.94. The fourth-order valence-electron chi connectivity index (χ4n) is 3.44. The normalized spacial score (nSPS) is 25.7. The molecular formula is C15H18Cl2N2O.